The van der Waals surface area contributed by atoms with Gasteiger partial charge in [0, 0.05) is 18.6 Å². The van der Waals surface area contributed by atoms with Crippen LogP contribution in [-0.4, -0.2) is 34.8 Å². The average Bonchev–Trinajstić information content (AvgIpc) is 2.52. The molecule has 1 fully saturated rings. The van der Waals surface area contributed by atoms with Crippen LogP contribution in [0.4, 0.5) is 0 Å². The number of ether oxygens (including phenoxy) is 1. The van der Waals surface area contributed by atoms with E-state index < -0.39 is 0 Å². The summed E-state index contributed by atoms with van der Waals surface area (Å²) in [5.41, 5.74) is 1.31. The van der Waals surface area contributed by atoms with Gasteiger partial charge >= 0.3 is 0 Å². The van der Waals surface area contributed by atoms with Gasteiger partial charge in [-0.15, -0.1) is 0 Å². The van der Waals surface area contributed by atoms with E-state index in [0.717, 1.165) is 25.3 Å². The predicted octanol–water partition coefficient (Wildman–Crippen LogP) is 2.43. The van der Waals surface area contributed by atoms with E-state index in [0.29, 0.717) is 6.61 Å². The number of β-amino-alcohol motifs (C(OH)–C–C–N with tert-alkyl or cyclic N) is 1. The van der Waals surface area contributed by atoms with E-state index >= 15 is 0 Å². The third-order valence-electron chi connectivity index (χ3n) is 3.61. The summed E-state index contributed by atoms with van der Waals surface area (Å²) in [6.07, 6.45) is 0.646. The summed E-state index contributed by atoms with van der Waals surface area (Å²) < 4.78 is 5.52. The Hall–Kier alpha value is -1.06. The van der Waals surface area contributed by atoms with Crippen molar-refractivity contribution in [2.24, 2.45) is 0 Å². The van der Waals surface area contributed by atoms with E-state index in [2.05, 4.69) is 30.9 Å². The zero-order valence-corrected chi connectivity index (χ0v) is 11.5. The van der Waals surface area contributed by atoms with Crippen LogP contribution in [0.2, 0.25) is 0 Å². The number of aliphatic hydroxyl groups excluding tert-OH is 1. The first-order valence-corrected chi connectivity index (χ1v) is 6.66. The van der Waals surface area contributed by atoms with Crippen LogP contribution in [0, 0.1) is 0 Å². The van der Waals surface area contributed by atoms with Gasteiger partial charge in [-0.05, 0) is 44.9 Å². The van der Waals surface area contributed by atoms with E-state index in [1.54, 1.807) is 0 Å². The molecule has 1 saturated heterocycles. The topological polar surface area (TPSA) is 32.7 Å². The Labute approximate surface area is 109 Å². The van der Waals surface area contributed by atoms with Gasteiger partial charge in [0.15, 0.2) is 0 Å². The number of rotatable bonds is 4. The van der Waals surface area contributed by atoms with Crippen LogP contribution in [0.5, 0.6) is 5.75 Å². The molecule has 0 aromatic heterocycles. The molecule has 1 aliphatic rings. The van der Waals surface area contributed by atoms with E-state index in [4.69, 9.17) is 4.74 Å². The molecule has 1 aromatic rings. The fourth-order valence-corrected chi connectivity index (χ4v) is 2.67. The zero-order valence-electron chi connectivity index (χ0n) is 11.5. The third kappa shape index (κ3) is 3.03. The second kappa shape index (κ2) is 5.29. The molecule has 0 aliphatic carbocycles. The Morgan fingerprint density at radius 3 is 2.83 bits per heavy atom. The van der Waals surface area contributed by atoms with Crippen LogP contribution >= 0.6 is 0 Å². The normalized spacial score (nSPS) is 23.2. The standard InChI is InChI=1S/C15H23NO2/c1-4-18-14-7-5-6-12(8-14)10-16-11-13(17)9-15(16,2)3/h5-8,13,17H,4,9-11H2,1-3H3. The van der Waals surface area contributed by atoms with Crippen LogP contribution in [-0.2, 0) is 6.54 Å². The van der Waals surface area contributed by atoms with E-state index in [1.807, 2.05) is 19.1 Å². The highest BCUT2D eigenvalue weighted by Crippen LogP contribution is 2.30. The molecule has 1 aromatic carbocycles. The molecule has 2 rings (SSSR count). The first kappa shape index (κ1) is 13.4. The van der Waals surface area contributed by atoms with Gasteiger partial charge in [-0.1, -0.05) is 12.1 Å². The first-order chi connectivity index (χ1) is 8.51. The van der Waals surface area contributed by atoms with Crippen molar-refractivity contribution >= 4 is 0 Å². The van der Waals surface area contributed by atoms with Crippen molar-refractivity contribution in [3.05, 3.63) is 29.8 Å². The molecule has 1 atom stereocenters. The monoisotopic (exact) mass is 249 g/mol. The quantitative estimate of drug-likeness (QED) is 0.889. The molecule has 18 heavy (non-hydrogen) atoms. The van der Waals surface area contributed by atoms with Gasteiger partial charge in [-0.3, -0.25) is 4.90 Å². The second-order valence-corrected chi connectivity index (χ2v) is 5.63. The van der Waals surface area contributed by atoms with Crippen molar-refractivity contribution in [1.82, 2.24) is 4.90 Å². The number of benzene rings is 1. The Bertz CT molecular complexity index is 403. The van der Waals surface area contributed by atoms with Crippen molar-refractivity contribution in [2.75, 3.05) is 13.2 Å². The van der Waals surface area contributed by atoms with Crippen LogP contribution in [0.15, 0.2) is 24.3 Å². The maximum absolute atomic E-state index is 9.79. The van der Waals surface area contributed by atoms with Gasteiger partial charge in [-0.25, -0.2) is 0 Å². The van der Waals surface area contributed by atoms with E-state index in [1.165, 1.54) is 5.56 Å². The Balaban J connectivity index is 2.07. The van der Waals surface area contributed by atoms with Gasteiger partial charge in [-0.2, -0.15) is 0 Å². The highest BCUT2D eigenvalue weighted by molar-refractivity contribution is 5.28. The van der Waals surface area contributed by atoms with Crippen LogP contribution in [0.3, 0.4) is 0 Å². The summed E-state index contributed by atoms with van der Waals surface area (Å²) in [5, 5.41) is 9.79. The van der Waals surface area contributed by atoms with E-state index in [-0.39, 0.29) is 11.6 Å². The molecule has 0 saturated carbocycles. The van der Waals surface area contributed by atoms with Crippen molar-refractivity contribution in [3.63, 3.8) is 0 Å². The minimum atomic E-state index is -0.199. The van der Waals surface area contributed by atoms with Crippen LogP contribution < -0.4 is 4.74 Å². The lowest BCUT2D eigenvalue weighted by atomic mass is 10.0. The number of hydrogen-bond acceptors (Lipinski definition) is 3. The molecule has 1 unspecified atom stereocenters. The average molecular weight is 249 g/mol. The highest BCUT2D eigenvalue weighted by Gasteiger charge is 2.37. The van der Waals surface area contributed by atoms with Gasteiger partial charge in [0.05, 0.1) is 12.7 Å². The number of aliphatic hydroxyl groups is 1. The summed E-state index contributed by atoms with van der Waals surface area (Å²) in [6.45, 7) is 8.69. The van der Waals surface area contributed by atoms with Crippen molar-refractivity contribution < 1.29 is 9.84 Å². The minimum Gasteiger partial charge on any atom is -0.494 e. The molecule has 1 aliphatic heterocycles. The largest absolute Gasteiger partial charge is 0.494 e. The Morgan fingerprint density at radius 2 is 2.22 bits per heavy atom. The molecule has 0 amide bonds. The molecule has 0 bridgehead atoms. The summed E-state index contributed by atoms with van der Waals surface area (Å²) >= 11 is 0. The predicted molar refractivity (Wildman–Crippen MR) is 72.7 cm³/mol. The highest BCUT2D eigenvalue weighted by atomic mass is 16.5. The lowest BCUT2D eigenvalue weighted by molar-refractivity contribution is 0.156. The third-order valence-corrected chi connectivity index (χ3v) is 3.61. The number of hydrogen-bond donors (Lipinski definition) is 1. The number of nitrogens with zero attached hydrogens (tertiary/aromatic N) is 1. The SMILES string of the molecule is CCOc1cccc(CN2CC(O)CC2(C)C)c1. The molecular weight excluding hydrogens is 226 g/mol. The molecule has 1 heterocycles. The van der Waals surface area contributed by atoms with Crippen molar-refractivity contribution in [1.29, 1.82) is 0 Å². The zero-order chi connectivity index (χ0) is 13.2. The lowest BCUT2D eigenvalue weighted by Crippen LogP contribution is -2.37. The van der Waals surface area contributed by atoms with Crippen LogP contribution in [0.1, 0.15) is 32.8 Å². The lowest BCUT2D eigenvalue weighted by Gasteiger charge is -2.31. The Morgan fingerprint density at radius 1 is 1.44 bits per heavy atom. The fourth-order valence-electron chi connectivity index (χ4n) is 2.67. The Kier molecular flexibility index (Phi) is 3.93. The molecule has 1 N–H and O–H groups in total. The molecule has 100 valence electrons. The second-order valence-electron chi connectivity index (χ2n) is 5.63. The van der Waals surface area contributed by atoms with Gasteiger partial charge < -0.3 is 9.84 Å². The summed E-state index contributed by atoms with van der Waals surface area (Å²) in [7, 11) is 0. The van der Waals surface area contributed by atoms with Gasteiger partial charge in [0.1, 0.15) is 5.75 Å². The summed E-state index contributed by atoms with van der Waals surface area (Å²) in [5.74, 6) is 0.924. The van der Waals surface area contributed by atoms with Crippen LogP contribution in [0.25, 0.3) is 0 Å². The molecule has 0 radical (unpaired) electrons. The van der Waals surface area contributed by atoms with Crippen molar-refractivity contribution in [3.8, 4) is 5.75 Å². The maximum Gasteiger partial charge on any atom is 0.119 e. The molecular formula is C15H23NO2. The van der Waals surface area contributed by atoms with E-state index in [9.17, 15) is 5.11 Å². The smallest absolute Gasteiger partial charge is 0.119 e. The maximum atomic E-state index is 9.79. The summed E-state index contributed by atoms with van der Waals surface area (Å²) in [4.78, 5) is 2.34. The molecule has 0 spiro atoms. The minimum absolute atomic E-state index is 0.0705. The fraction of sp³-hybridized carbons (Fsp3) is 0.600. The first-order valence-electron chi connectivity index (χ1n) is 6.66. The molecule has 3 nitrogen and oxygen atoms in total. The van der Waals surface area contributed by atoms with Gasteiger partial charge in [0.2, 0.25) is 0 Å². The van der Waals surface area contributed by atoms with Gasteiger partial charge in [0.25, 0.3) is 0 Å². The number of likely N-dealkylation sites (tertiary alicyclic amines) is 1. The van der Waals surface area contributed by atoms with Crippen molar-refractivity contribution in [2.45, 2.75) is 45.4 Å². The summed E-state index contributed by atoms with van der Waals surface area (Å²) in [6, 6.07) is 8.21. The molecule has 3 heteroatoms.